The van der Waals surface area contributed by atoms with E-state index in [2.05, 4.69) is 26.8 Å². The number of hydrogen-bond donors (Lipinski definition) is 0. The normalized spacial score (nSPS) is 22.3. The van der Waals surface area contributed by atoms with E-state index in [1.807, 2.05) is 6.07 Å². The third kappa shape index (κ3) is 3.85. The Hall–Kier alpha value is -0.890. The van der Waals surface area contributed by atoms with Gasteiger partial charge in [0.25, 0.3) is 0 Å². The molecular formula is C18H27ClO2. The van der Waals surface area contributed by atoms with Crippen LogP contribution in [0.25, 0.3) is 0 Å². The third-order valence-electron chi connectivity index (χ3n) is 4.26. The average molecular weight is 311 g/mol. The fourth-order valence-electron chi connectivity index (χ4n) is 3.19. The number of rotatable bonds is 3. The van der Waals surface area contributed by atoms with E-state index >= 15 is 0 Å². The molecule has 0 N–H and O–H groups in total. The Balaban J connectivity index is 0.000000497. The lowest BCUT2D eigenvalue weighted by Gasteiger charge is -2.31. The number of hydrogen-bond acceptors (Lipinski definition) is 2. The molecule has 3 rings (SSSR count). The minimum atomic E-state index is 0.369. The molecule has 1 heterocycles. The lowest BCUT2D eigenvalue weighted by atomic mass is 9.74. The van der Waals surface area contributed by atoms with Gasteiger partial charge in [-0.05, 0) is 49.1 Å². The smallest absolute Gasteiger partial charge is 0.231 e. The van der Waals surface area contributed by atoms with Crippen LogP contribution < -0.4 is 9.47 Å². The molecule has 118 valence electrons. The predicted molar refractivity (Wildman–Crippen MR) is 88.5 cm³/mol. The molecule has 21 heavy (non-hydrogen) atoms. The fourth-order valence-corrected chi connectivity index (χ4v) is 3.34. The highest BCUT2D eigenvalue weighted by atomic mass is 35.5. The van der Waals surface area contributed by atoms with Gasteiger partial charge in [0.05, 0.1) is 0 Å². The van der Waals surface area contributed by atoms with E-state index in [0.29, 0.717) is 6.79 Å². The van der Waals surface area contributed by atoms with Gasteiger partial charge in [0.1, 0.15) is 0 Å². The second-order valence-electron chi connectivity index (χ2n) is 6.12. The maximum atomic E-state index is 5.82. The van der Waals surface area contributed by atoms with Crippen LogP contribution in [0.15, 0.2) is 12.1 Å². The Kier molecular flexibility index (Phi) is 6.22. The topological polar surface area (TPSA) is 18.5 Å². The van der Waals surface area contributed by atoms with Crippen molar-refractivity contribution >= 4 is 11.6 Å². The molecular weight excluding hydrogens is 284 g/mol. The van der Waals surface area contributed by atoms with E-state index in [-0.39, 0.29) is 0 Å². The number of fused-ring (bicyclic) bond motifs is 3. The second kappa shape index (κ2) is 7.93. The van der Waals surface area contributed by atoms with Crippen molar-refractivity contribution in [1.82, 2.24) is 0 Å². The van der Waals surface area contributed by atoms with Gasteiger partial charge in [0.2, 0.25) is 6.79 Å². The molecule has 0 saturated heterocycles. The SMILES string of the molecule is CC1Cc2ccc3c(c2C[C@H]1CCCCl)OCO3.CCC. The van der Waals surface area contributed by atoms with Gasteiger partial charge in [-0.15, -0.1) is 11.6 Å². The summed E-state index contributed by atoms with van der Waals surface area (Å²) >= 11 is 5.82. The maximum Gasteiger partial charge on any atom is 0.231 e. The van der Waals surface area contributed by atoms with Crippen molar-refractivity contribution in [2.45, 2.75) is 52.9 Å². The number of halogens is 1. The quantitative estimate of drug-likeness (QED) is 0.714. The van der Waals surface area contributed by atoms with Crippen molar-refractivity contribution < 1.29 is 9.47 Å². The van der Waals surface area contributed by atoms with Crippen LogP contribution in [0.5, 0.6) is 11.5 Å². The van der Waals surface area contributed by atoms with Crippen LogP contribution in [0.3, 0.4) is 0 Å². The minimum absolute atomic E-state index is 0.369. The molecule has 0 aromatic heterocycles. The molecule has 2 atom stereocenters. The van der Waals surface area contributed by atoms with E-state index < -0.39 is 0 Å². The molecule has 3 heteroatoms. The largest absolute Gasteiger partial charge is 0.454 e. The molecule has 1 aromatic rings. The number of benzene rings is 1. The van der Waals surface area contributed by atoms with Gasteiger partial charge in [-0.25, -0.2) is 0 Å². The summed E-state index contributed by atoms with van der Waals surface area (Å²) in [4.78, 5) is 0. The lowest BCUT2D eigenvalue weighted by molar-refractivity contribution is 0.172. The van der Waals surface area contributed by atoms with E-state index in [1.165, 1.54) is 24.0 Å². The van der Waals surface area contributed by atoms with Gasteiger partial charge >= 0.3 is 0 Å². The first-order valence-electron chi connectivity index (χ1n) is 8.17. The fraction of sp³-hybridized carbons (Fsp3) is 0.667. The number of alkyl halides is 1. The van der Waals surface area contributed by atoms with Crippen molar-refractivity contribution in [2.24, 2.45) is 11.8 Å². The summed E-state index contributed by atoms with van der Waals surface area (Å²) in [6.07, 6.45) is 5.84. The van der Waals surface area contributed by atoms with Crippen molar-refractivity contribution in [3.05, 3.63) is 23.3 Å². The van der Waals surface area contributed by atoms with E-state index in [9.17, 15) is 0 Å². The molecule has 1 unspecified atom stereocenters. The van der Waals surface area contributed by atoms with Gasteiger partial charge in [-0.2, -0.15) is 0 Å². The van der Waals surface area contributed by atoms with E-state index in [4.69, 9.17) is 21.1 Å². The molecule has 2 aliphatic rings. The Morgan fingerprint density at radius 3 is 2.67 bits per heavy atom. The molecule has 1 aliphatic heterocycles. The summed E-state index contributed by atoms with van der Waals surface area (Å²) < 4.78 is 11.1. The average Bonchev–Trinajstić information content (AvgIpc) is 2.94. The van der Waals surface area contributed by atoms with Crippen LogP contribution in [0.1, 0.15) is 51.2 Å². The molecule has 0 saturated carbocycles. The zero-order valence-corrected chi connectivity index (χ0v) is 14.2. The van der Waals surface area contributed by atoms with E-state index in [0.717, 1.165) is 48.5 Å². The Bertz CT molecular complexity index is 459. The third-order valence-corrected chi connectivity index (χ3v) is 4.53. The first-order chi connectivity index (χ1) is 10.2. The van der Waals surface area contributed by atoms with Crippen molar-refractivity contribution in [2.75, 3.05) is 12.7 Å². The predicted octanol–water partition coefficient (Wildman–Crippen LogP) is 5.20. The summed E-state index contributed by atoms with van der Waals surface area (Å²) in [6, 6.07) is 4.25. The summed E-state index contributed by atoms with van der Waals surface area (Å²) in [5.41, 5.74) is 2.82. The van der Waals surface area contributed by atoms with Gasteiger partial charge in [0.15, 0.2) is 11.5 Å². The van der Waals surface area contributed by atoms with E-state index in [1.54, 1.807) is 0 Å². The van der Waals surface area contributed by atoms with Gasteiger partial charge < -0.3 is 9.47 Å². The summed E-state index contributed by atoms with van der Waals surface area (Å²) in [6.45, 7) is 6.97. The molecule has 0 amide bonds. The first kappa shape index (κ1) is 16.5. The zero-order valence-electron chi connectivity index (χ0n) is 13.5. The monoisotopic (exact) mass is 310 g/mol. The van der Waals surface area contributed by atoms with Crippen molar-refractivity contribution in [3.8, 4) is 11.5 Å². The summed E-state index contributed by atoms with van der Waals surface area (Å²) in [5.74, 6) is 4.14. The van der Waals surface area contributed by atoms with Crippen molar-refractivity contribution in [1.29, 1.82) is 0 Å². The Morgan fingerprint density at radius 1 is 1.19 bits per heavy atom. The van der Waals surface area contributed by atoms with Crippen LogP contribution in [-0.2, 0) is 12.8 Å². The lowest BCUT2D eigenvalue weighted by Crippen LogP contribution is -2.23. The van der Waals surface area contributed by atoms with Crippen LogP contribution in [0.2, 0.25) is 0 Å². The molecule has 0 fully saturated rings. The van der Waals surface area contributed by atoms with Crippen LogP contribution >= 0.6 is 11.6 Å². The van der Waals surface area contributed by atoms with Crippen LogP contribution in [0.4, 0.5) is 0 Å². The summed E-state index contributed by atoms with van der Waals surface area (Å²) in [7, 11) is 0. The zero-order chi connectivity index (χ0) is 15.2. The van der Waals surface area contributed by atoms with Crippen molar-refractivity contribution in [3.63, 3.8) is 0 Å². The molecule has 2 nitrogen and oxygen atoms in total. The standard InChI is InChI=1S/C15H19ClO2.C3H8/c1-10-7-12-4-5-14-15(18-9-17-14)13(12)8-11(10)3-2-6-16;1-3-2/h4-5,10-11H,2-3,6-9H2,1H3;3H2,1-2H3/t10?,11-;/m1./s1. The second-order valence-corrected chi connectivity index (χ2v) is 6.50. The first-order valence-corrected chi connectivity index (χ1v) is 8.70. The van der Waals surface area contributed by atoms with Crippen LogP contribution in [-0.4, -0.2) is 12.7 Å². The highest BCUT2D eigenvalue weighted by molar-refractivity contribution is 6.17. The summed E-state index contributed by atoms with van der Waals surface area (Å²) in [5, 5.41) is 0. The Morgan fingerprint density at radius 2 is 1.95 bits per heavy atom. The minimum Gasteiger partial charge on any atom is -0.454 e. The van der Waals surface area contributed by atoms with Gasteiger partial charge in [0, 0.05) is 11.4 Å². The Labute approximate surface area is 133 Å². The number of ether oxygens (including phenoxy) is 2. The van der Waals surface area contributed by atoms with Gasteiger partial charge in [-0.1, -0.05) is 33.3 Å². The molecule has 0 spiro atoms. The van der Waals surface area contributed by atoms with Gasteiger partial charge in [-0.3, -0.25) is 0 Å². The molecule has 0 radical (unpaired) electrons. The molecule has 0 bridgehead atoms. The highest BCUT2D eigenvalue weighted by Crippen LogP contribution is 2.43. The molecule has 1 aliphatic carbocycles. The highest BCUT2D eigenvalue weighted by Gasteiger charge is 2.30. The van der Waals surface area contributed by atoms with Crippen LogP contribution in [0, 0.1) is 11.8 Å². The maximum absolute atomic E-state index is 5.82. The molecule has 1 aromatic carbocycles.